The molecule has 6 nitrogen and oxygen atoms in total. The lowest BCUT2D eigenvalue weighted by molar-refractivity contribution is 0.189. The molecule has 2 atom stereocenters. The van der Waals surface area contributed by atoms with Gasteiger partial charge in [0.15, 0.2) is 5.96 Å². The molecule has 2 unspecified atom stereocenters. The average molecular weight is 332 g/mol. The maximum absolute atomic E-state index is 4.47. The lowest BCUT2D eigenvalue weighted by Gasteiger charge is -2.39. The highest BCUT2D eigenvalue weighted by Gasteiger charge is 2.28. The van der Waals surface area contributed by atoms with E-state index in [0.29, 0.717) is 12.0 Å². The van der Waals surface area contributed by atoms with Crippen LogP contribution in [-0.2, 0) is 6.54 Å². The van der Waals surface area contributed by atoms with Crippen LogP contribution in [0.4, 0.5) is 0 Å². The SMILES string of the molecule is CN=C(NCc1cnc(C)s1)N1CCC(C)C(n2ccnc2)C1. The molecule has 1 N–H and O–H groups in total. The molecule has 0 aliphatic carbocycles. The molecule has 0 aromatic carbocycles. The molecule has 0 spiro atoms. The first-order valence-electron chi connectivity index (χ1n) is 8.01. The van der Waals surface area contributed by atoms with Gasteiger partial charge in [-0.25, -0.2) is 9.97 Å². The highest BCUT2D eigenvalue weighted by Crippen LogP contribution is 2.27. The molecule has 1 saturated heterocycles. The Morgan fingerprint density at radius 1 is 1.52 bits per heavy atom. The van der Waals surface area contributed by atoms with Crippen molar-refractivity contribution in [3.63, 3.8) is 0 Å². The van der Waals surface area contributed by atoms with Crippen LogP contribution in [0.1, 0.15) is 29.3 Å². The number of rotatable bonds is 3. The molecule has 1 fully saturated rings. The average Bonchev–Trinajstić information content (AvgIpc) is 3.21. The number of likely N-dealkylation sites (tertiary alicyclic amines) is 1. The third-order valence-corrected chi connectivity index (χ3v) is 5.34. The Bertz CT molecular complexity index is 647. The standard InChI is InChI=1S/C16H24N6S/c1-12-4-6-21(10-15(12)22-7-5-18-11-22)16(17-3)20-9-14-8-19-13(2)23-14/h5,7-8,11-12,15H,4,6,9-10H2,1-3H3,(H,17,20). The maximum atomic E-state index is 4.47. The number of thiazole rings is 1. The number of aromatic nitrogens is 3. The molecule has 3 rings (SSSR count). The molecule has 2 aromatic rings. The largest absolute Gasteiger partial charge is 0.351 e. The first-order chi connectivity index (χ1) is 11.2. The molecule has 1 aliphatic rings. The van der Waals surface area contributed by atoms with Crippen molar-refractivity contribution in [2.45, 2.75) is 32.9 Å². The van der Waals surface area contributed by atoms with Crippen molar-refractivity contribution in [3.05, 3.63) is 34.8 Å². The molecule has 2 aromatic heterocycles. The normalized spacial score (nSPS) is 22.4. The van der Waals surface area contributed by atoms with E-state index in [4.69, 9.17) is 0 Å². The van der Waals surface area contributed by atoms with E-state index in [9.17, 15) is 0 Å². The van der Waals surface area contributed by atoms with E-state index >= 15 is 0 Å². The zero-order chi connectivity index (χ0) is 16.2. The van der Waals surface area contributed by atoms with Gasteiger partial charge in [0.25, 0.3) is 0 Å². The number of guanidine groups is 1. The van der Waals surface area contributed by atoms with Crippen LogP contribution in [0.5, 0.6) is 0 Å². The number of hydrogen-bond acceptors (Lipinski definition) is 4. The summed E-state index contributed by atoms with van der Waals surface area (Å²) < 4.78 is 2.22. The van der Waals surface area contributed by atoms with E-state index in [2.05, 4.69) is 42.9 Å². The second-order valence-corrected chi connectivity index (χ2v) is 7.35. The van der Waals surface area contributed by atoms with Crippen molar-refractivity contribution < 1.29 is 0 Å². The zero-order valence-corrected chi connectivity index (χ0v) is 14.8. The maximum Gasteiger partial charge on any atom is 0.194 e. The summed E-state index contributed by atoms with van der Waals surface area (Å²) in [5.74, 6) is 1.61. The van der Waals surface area contributed by atoms with E-state index in [1.54, 1.807) is 11.3 Å². The van der Waals surface area contributed by atoms with Gasteiger partial charge in [0.05, 0.1) is 23.9 Å². The Hall–Kier alpha value is -1.89. The van der Waals surface area contributed by atoms with Crippen LogP contribution < -0.4 is 5.32 Å². The van der Waals surface area contributed by atoms with Crippen molar-refractivity contribution >= 4 is 17.3 Å². The predicted molar refractivity (Wildman–Crippen MR) is 93.7 cm³/mol. The topological polar surface area (TPSA) is 58.3 Å². The fraction of sp³-hybridized carbons (Fsp3) is 0.562. The first-order valence-corrected chi connectivity index (χ1v) is 8.83. The number of hydrogen-bond donors (Lipinski definition) is 1. The minimum Gasteiger partial charge on any atom is -0.351 e. The molecule has 124 valence electrons. The summed E-state index contributed by atoms with van der Waals surface area (Å²) >= 11 is 1.73. The fourth-order valence-corrected chi connectivity index (χ4v) is 3.82. The van der Waals surface area contributed by atoms with Gasteiger partial charge < -0.3 is 14.8 Å². The second-order valence-electron chi connectivity index (χ2n) is 6.04. The van der Waals surface area contributed by atoms with Gasteiger partial charge in [0.1, 0.15) is 0 Å². The van der Waals surface area contributed by atoms with Crippen molar-refractivity contribution in [3.8, 4) is 0 Å². The van der Waals surface area contributed by atoms with E-state index in [1.807, 2.05) is 32.7 Å². The lowest BCUT2D eigenvalue weighted by atomic mass is 9.93. The summed E-state index contributed by atoms with van der Waals surface area (Å²) in [4.78, 5) is 16.5. The molecular weight excluding hydrogens is 308 g/mol. The van der Waals surface area contributed by atoms with E-state index < -0.39 is 0 Å². The zero-order valence-electron chi connectivity index (χ0n) is 13.9. The number of piperidine rings is 1. The molecule has 7 heteroatoms. The van der Waals surface area contributed by atoms with Crippen LogP contribution in [0.25, 0.3) is 0 Å². The Kier molecular flexibility index (Phi) is 4.95. The molecular formula is C16H24N6S. The summed E-state index contributed by atoms with van der Waals surface area (Å²) in [5, 5.41) is 4.57. The molecule has 3 heterocycles. The van der Waals surface area contributed by atoms with Crippen molar-refractivity contribution in [1.29, 1.82) is 0 Å². The highest BCUT2D eigenvalue weighted by molar-refractivity contribution is 7.11. The molecule has 0 amide bonds. The Labute approximate surface area is 141 Å². The first kappa shape index (κ1) is 16.0. The number of aliphatic imine (C=N–C) groups is 1. The van der Waals surface area contributed by atoms with Crippen LogP contribution in [0.3, 0.4) is 0 Å². The van der Waals surface area contributed by atoms with Gasteiger partial charge in [0.2, 0.25) is 0 Å². The number of nitrogens with one attached hydrogen (secondary N) is 1. The fourth-order valence-electron chi connectivity index (χ4n) is 3.08. The van der Waals surface area contributed by atoms with Gasteiger partial charge in [-0.15, -0.1) is 11.3 Å². The van der Waals surface area contributed by atoms with Crippen LogP contribution in [0, 0.1) is 12.8 Å². The Morgan fingerprint density at radius 2 is 2.39 bits per heavy atom. The van der Waals surface area contributed by atoms with E-state index in [0.717, 1.165) is 37.0 Å². The molecule has 0 bridgehead atoms. The van der Waals surface area contributed by atoms with E-state index in [-0.39, 0.29) is 0 Å². The monoisotopic (exact) mass is 332 g/mol. The minimum absolute atomic E-state index is 0.440. The van der Waals surface area contributed by atoms with Crippen molar-refractivity contribution in [1.82, 2.24) is 24.8 Å². The highest BCUT2D eigenvalue weighted by atomic mass is 32.1. The Balaban J connectivity index is 1.64. The summed E-state index contributed by atoms with van der Waals surface area (Å²) in [7, 11) is 1.85. The molecule has 23 heavy (non-hydrogen) atoms. The van der Waals surface area contributed by atoms with Crippen LogP contribution in [0.15, 0.2) is 29.9 Å². The van der Waals surface area contributed by atoms with Crippen LogP contribution in [0.2, 0.25) is 0 Å². The number of nitrogens with zero attached hydrogens (tertiary/aromatic N) is 5. The summed E-state index contributed by atoms with van der Waals surface area (Å²) in [6.07, 6.45) is 8.92. The molecule has 1 aliphatic heterocycles. The van der Waals surface area contributed by atoms with Crippen LogP contribution in [-0.4, -0.2) is 45.5 Å². The second kappa shape index (κ2) is 7.12. The van der Waals surface area contributed by atoms with Gasteiger partial charge >= 0.3 is 0 Å². The quantitative estimate of drug-likeness (QED) is 0.692. The number of imidazole rings is 1. The van der Waals surface area contributed by atoms with Gasteiger partial charge in [-0.1, -0.05) is 6.92 Å². The van der Waals surface area contributed by atoms with Crippen LogP contribution >= 0.6 is 11.3 Å². The molecule has 0 saturated carbocycles. The third-order valence-electron chi connectivity index (χ3n) is 4.43. The van der Waals surface area contributed by atoms with Gasteiger partial charge in [-0.05, 0) is 19.3 Å². The van der Waals surface area contributed by atoms with Gasteiger partial charge in [0, 0.05) is 43.6 Å². The van der Waals surface area contributed by atoms with Gasteiger partial charge in [-0.2, -0.15) is 0 Å². The number of aryl methyl sites for hydroxylation is 1. The summed E-state index contributed by atoms with van der Waals surface area (Å²) in [6.45, 7) is 7.12. The van der Waals surface area contributed by atoms with E-state index in [1.165, 1.54) is 4.88 Å². The lowest BCUT2D eigenvalue weighted by Crippen LogP contribution is -2.48. The summed E-state index contributed by atoms with van der Waals surface area (Å²) in [6, 6.07) is 0.440. The summed E-state index contributed by atoms with van der Waals surface area (Å²) in [5.41, 5.74) is 0. The predicted octanol–water partition coefficient (Wildman–Crippen LogP) is 2.31. The molecule has 0 radical (unpaired) electrons. The van der Waals surface area contributed by atoms with Crippen molar-refractivity contribution in [2.24, 2.45) is 10.9 Å². The minimum atomic E-state index is 0.440. The van der Waals surface area contributed by atoms with Crippen molar-refractivity contribution in [2.75, 3.05) is 20.1 Å². The smallest absolute Gasteiger partial charge is 0.194 e. The van der Waals surface area contributed by atoms with Gasteiger partial charge in [-0.3, -0.25) is 4.99 Å². The third kappa shape index (κ3) is 3.72. The Morgan fingerprint density at radius 3 is 3.04 bits per heavy atom.